The molecule has 0 fully saturated rings. The first kappa shape index (κ1) is 19.5. The minimum atomic E-state index is -0.741. The molecule has 152 valence electrons. The largest absolute Gasteiger partial charge is 0.377 e. The molecule has 0 bridgehead atoms. The molecular formula is C21H20N6O3. The lowest BCUT2D eigenvalue weighted by molar-refractivity contribution is -0.118. The fourth-order valence-electron chi connectivity index (χ4n) is 3.09. The van der Waals surface area contributed by atoms with Crippen molar-refractivity contribution in [3.05, 3.63) is 71.0 Å². The van der Waals surface area contributed by atoms with Crippen LogP contribution in [0.2, 0.25) is 0 Å². The van der Waals surface area contributed by atoms with Crippen molar-refractivity contribution in [1.82, 2.24) is 24.7 Å². The van der Waals surface area contributed by atoms with Gasteiger partial charge in [0, 0.05) is 18.4 Å². The number of hydrogen-bond donors (Lipinski definition) is 2. The highest BCUT2D eigenvalue weighted by atomic mass is 16.5. The van der Waals surface area contributed by atoms with E-state index in [1.165, 1.54) is 10.9 Å². The van der Waals surface area contributed by atoms with Gasteiger partial charge in [-0.3, -0.25) is 19.3 Å². The smallest absolute Gasteiger partial charge is 0.261 e. The van der Waals surface area contributed by atoms with E-state index >= 15 is 0 Å². The van der Waals surface area contributed by atoms with Crippen LogP contribution in [0.15, 0.2) is 59.7 Å². The third-order valence-corrected chi connectivity index (χ3v) is 4.69. The van der Waals surface area contributed by atoms with Crippen molar-refractivity contribution < 1.29 is 9.53 Å². The zero-order chi connectivity index (χ0) is 21.1. The Labute approximate surface area is 171 Å². The van der Waals surface area contributed by atoms with E-state index in [1.54, 1.807) is 50.4 Å². The summed E-state index contributed by atoms with van der Waals surface area (Å²) in [5.74, 6) is 0.779. The number of aromatic amines is 1. The van der Waals surface area contributed by atoms with Crippen LogP contribution in [0.5, 0.6) is 0 Å². The Morgan fingerprint density at radius 1 is 1.23 bits per heavy atom. The number of nitrogens with zero attached hydrogens (tertiary/aromatic N) is 4. The molecule has 4 aromatic rings. The van der Waals surface area contributed by atoms with Gasteiger partial charge in [0.1, 0.15) is 12.6 Å². The number of benzene rings is 2. The summed E-state index contributed by atoms with van der Waals surface area (Å²) in [6.07, 6.45) is 1.40. The van der Waals surface area contributed by atoms with Crippen molar-refractivity contribution in [3.63, 3.8) is 0 Å². The van der Waals surface area contributed by atoms with Crippen LogP contribution in [0, 0.1) is 0 Å². The van der Waals surface area contributed by atoms with Crippen LogP contribution >= 0.6 is 0 Å². The third-order valence-electron chi connectivity index (χ3n) is 4.69. The second kappa shape index (κ2) is 8.26. The van der Waals surface area contributed by atoms with Crippen LogP contribution in [0.1, 0.15) is 18.8 Å². The fraction of sp³-hybridized carbons (Fsp3) is 0.190. The molecule has 9 nitrogen and oxygen atoms in total. The maximum Gasteiger partial charge on any atom is 0.261 e. The number of nitrogens with one attached hydrogen (secondary N) is 2. The molecule has 2 aromatic heterocycles. The van der Waals surface area contributed by atoms with Gasteiger partial charge in [-0.2, -0.15) is 5.10 Å². The Morgan fingerprint density at radius 3 is 2.90 bits per heavy atom. The van der Waals surface area contributed by atoms with Crippen molar-refractivity contribution in [2.45, 2.75) is 19.6 Å². The number of aromatic nitrogens is 5. The minimum absolute atomic E-state index is 0.261. The molecule has 2 N–H and O–H groups in total. The van der Waals surface area contributed by atoms with Gasteiger partial charge in [0.25, 0.3) is 5.56 Å². The standard InChI is InChI=1S/C21H20N6O3/c1-13(27-12-22-17-9-4-3-8-16(17)21(27)29)20(28)23-15-7-5-6-14(10-15)19-24-18(11-30-2)25-26-19/h3-10,12-13H,11H2,1-2H3,(H,23,28)(H,24,25,26)/t13-/m1/s1. The summed E-state index contributed by atoms with van der Waals surface area (Å²) in [5.41, 5.74) is 1.65. The second-order valence-corrected chi connectivity index (χ2v) is 6.76. The number of amides is 1. The van der Waals surface area contributed by atoms with Crippen molar-refractivity contribution in [2.24, 2.45) is 0 Å². The van der Waals surface area contributed by atoms with E-state index in [-0.39, 0.29) is 11.5 Å². The molecule has 1 amide bonds. The number of H-pyrrole nitrogens is 1. The summed E-state index contributed by atoms with van der Waals surface area (Å²) in [6, 6.07) is 13.5. The van der Waals surface area contributed by atoms with Gasteiger partial charge in [0.05, 0.1) is 17.2 Å². The van der Waals surface area contributed by atoms with Gasteiger partial charge in [-0.05, 0) is 31.2 Å². The molecule has 1 atom stereocenters. The Bertz CT molecular complexity index is 1260. The highest BCUT2D eigenvalue weighted by molar-refractivity contribution is 5.94. The maximum atomic E-state index is 12.8. The zero-order valence-corrected chi connectivity index (χ0v) is 16.5. The Balaban J connectivity index is 1.55. The zero-order valence-electron chi connectivity index (χ0n) is 16.5. The fourth-order valence-corrected chi connectivity index (χ4v) is 3.09. The number of carbonyl (C=O) groups excluding carboxylic acids is 1. The van der Waals surface area contributed by atoms with Crippen molar-refractivity contribution in [3.8, 4) is 11.4 Å². The number of methoxy groups -OCH3 is 1. The Morgan fingerprint density at radius 2 is 2.07 bits per heavy atom. The predicted octanol–water partition coefficient (Wildman–Crippen LogP) is 2.53. The molecule has 2 heterocycles. The molecule has 2 aromatic carbocycles. The summed E-state index contributed by atoms with van der Waals surface area (Å²) in [6.45, 7) is 1.98. The topological polar surface area (TPSA) is 115 Å². The summed E-state index contributed by atoms with van der Waals surface area (Å²) in [5, 5.41) is 10.3. The van der Waals surface area contributed by atoms with E-state index in [1.807, 2.05) is 12.1 Å². The molecule has 0 aliphatic carbocycles. The van der Waals surface area contributed by atoms with Crippen molar-refractivity contribution >= 4 is 22.5 Å². The molecule has 0 radical (unpaired) electrons. The summed E-state index contributed by atoms with van der Waals surface area (Å²) >= 11 is 0. The monoisotopic (exact) mass is 404 g/mol. The van der Waals surface area contributed by atoms with Gasteiger partial charge < -0.3 is 10.1 Å². The number of hydrogen-bond acceptors (Lipinski definition) is 6. The van der Waals surface area contributed by atoms with Crippen molar-refractivity contribution in [1.29, 1.82) is 0 Å². The molecule has 0 saturated heterocycles. The molecular weight excluding hydrogens is 384 g/mol. The Hall–Kier alpha value is -3.85. The molecule has 30 heavy (non-hydrogen) atoms. The first-order valence-corrected chi connectivity index (χ1v) is 9.34. The van der Waals surface area contributed by atoms with Crippen LogP contribution in [-0.2, 0) is 16.1 Å². The molecule has 4 rings (SSSR count). The second-order valence-electron chi connectivity index (χ2n) is 6.76. The number of anilines is 1. The first-order valence-electron chi connectivity index (χ1n) is 9.34. The van der Waals surface area contributed by atoms with Crippen LogP contribution in [0.4, 0.5) is 5.69 Å². The van der Waals surface area contributed by atoms with Gasteiger partial charge in [-0.1, -0.05) is 24.3 Å². The van der Waals surface area contributed by atoms with Gasteiger partial charge >= 0.3 is 0 Å². The van der Waals surface area contributed by atoms with E-state index in [9.17, 15) is 9.59 Å². The highest BCUT2D eigenvalue weighted by Gasteiger charge is 2.18. The minimum Gasteiger partial charge on any atom is -0.377 e. The number of carbonyl (C=O) groups is 1. The van der Waals surface area contributed by atoms with Gasteiger partial charge in [0.15, 0.2) is 11.6 Å². The maximum absolute atomic E-state index is 12.8. The first-order chi connectivity index (χ1) is 14.6. The average molecular weight is 404 g/mol. The average Bonchev–Trinajstić information content (AvgIpc) is 3.23. The summed E-state index contributed by atoms with van der Waals surface area (Å²) in [4.78, 5) is 34.2. The number of ether oxygens (including phenoxy) is 1. The molecule has 0 saturated carbocycles. The molecule has 9 heteroatoms. The van der Waals surface area contributed by atoms with Crippen LogP contribution in [0.25, 0.3) is 22.3 Å². The lowest BCUT2D eigenvalue weighted by atomic mass is 10.2. The van der Waals surface area contributed by atoms with Gasteiger partial charge in [-0.25, -0.2) is 9.97 Å². The number of para-hydroxylation sites is 1. The predicted molar refractivity (Wildman–Crippen MR) is 112 cm³/mol. The van der Waals surface area contributed by atoms with Gasteiger partial charge in [0.2, 0.25) is 5.91 Å². The highest BCUT2D eigenvalue weighted by Crippen LogP contribution is 2.20. The van der Waals surface area contributed by atoms with Crippen LogP contribution in [-0.4, -0.2) is 37.7 Å². The van der Waals surface area contributed by atoms with Crippen molar-refractivity contribution in [2.75, 3.05) is 12.4 Å². The molecule has 0 unspecified atom stereocenters. The van der Waals surface area contributed by atoms with E-state index in [2.05, 4.69) is 25.5 Å². The lowest BCUT2D eigenvalue weighted by Crippen LogP contribution is -2.31. The molecule has 0 spiro atoms. The normalized spacial score (nSPS) is 12.1. The van der Waals surface area contributed by atoms with E-state index < -0.39 is 6.04 Å². The molecule has 0 aliphatic heterocycles. The molecule has 0 aliphatic rings. The van der Waals surface area contributed by atoms with E-state index in [4.69, 9.17) is 4.74 Å². The summed E-state index contributed by atoms with van der Waals surface area (Å²) < 4.78 is 6.36. The quantitative estimate of drug-likeness (QED) is 0.510. The number of rotatable bonds is 6. The lowest BCUT2D eigenvalue weighted by Gasteiger charge is -2.15. The number of fused-ring (bicyclic) bond motifs is 1. The van der Waals surface area contributed by atoms with Crippen LogP contribution in [0.3, 0.4) is 0 Å². The third kappa shape index (κ3) is 3.83. The van der Waals surface area contributed by atoms with E-state index in [0.29, 0.717) is 34.8 Å². The summed E-state index contributed by atoms with van der Waals surface area (Å²) in [7, 11) is 1.58. The van der Waals surface area contributed by atoms with Crippen LogP contribution < -0.4 is 10.9 Å². The van der Waals surface area contributed by atoms with E-state index in [0.717, 1.165) is 5.56 Å². The van der Waals surface area contributed by atoms with Gasteiger partial charge in [-0.15, -0.1) is 0 Å². The SMILES string of the molecule is COCc1nc(-c2cccc(NC(=O)[C@@H](C)n3cnc4ccccc4c3=O)c2)n[nH]1. The Kier molecular flexibility index (Phi) is 5.36.